The zero-order valence-electron chi connectivity index (χ0n) is 14.6. The fourth-order valence-corrected chi connectivity index (χ4v) is 3.31. The first kappa shape index (κ1) is 18.4. The van der Waals surface area contributed by atoms with E-state index in [0.717, 1.165) is 38.3 Å². The second kappa shape index (κ2) is 8.74. The van der Waals surface area contributed by atoms with Gasteiger partial charge in [-0.1, -0.05) is 13.8 Å². The van der Waals surface area contributed by atoms with Gasteiger partial charge in [0.1, 0.15) is 5.54 Å². The molecule has 0 aromatic carbocycles. The van der Waals surface area contributed by atoms with Crippen molar-refractivity contribution in [2.45, 2.75) is 71.4 Å². The number of ether oxygens (including phenoxy) is 1. The SMILES string of the molecule is CCCNC(C)(CCCN1CCC(C)CC1C)C(=O)OC. The summed E-state index contributed by atoms with van der Waals surface area (Å²) in [6, 6.07) is 0.668. The quantitative estimate of drug-likeness (QED) is 0.700. The van der Waals surface area contributed by atoms with Crippen molar-refractivity contribution in [1.82, 2.24) is 10.2 Å². The fourth-order valence-electron chi connectivity index (χ4n) is 3.31. The lowest BCUT2D eigenvalue weighted by molar-refractivity contribution is -0.148. The second-order valence-corrected chi connectivity index (χ2v) is 6.87. The van der Waals surface area contributed by atoms with Crippen LogP contribution in [0.3, 0.4) is 0 Å². The van der Waals surface area contributed by atoms with Gasteiger partial charge in [0.05, 0.1) is 7.11 Å². The van der Waals surface area contributed by atoms with Gasteiger partial charge in [-0.25, -0.2) is 0 Å². The van der Waals surface area contributed by atoms with Gasteiger partial charge >= 0.3 is 5.97 Å². The molecule has 3 unspecified atom stereocenters. The van der Waals surface area contributed by atoms with E-state index in [2.05, 4.69) is 31.0 Å². The highest BCUT2D eigenvalue weighted by atomic mass is 16.5. The molecule has 4 nitrogen and oxygen atoms in total. The average Bonchev–Trinajstić information content (AvgIpc) is 2.46. The Morgan fingerprint density at radius 3 is 2.71 bits per heavy atom. The maximum absolute atomic E-state index is 12.0. The lowest BCUT2D eigenvalue weighted by Gasteiger charge is -2.37. The summed E-state index contributed by atoms with van der Waals surface area (Å²) in [4.78, 5) is 14.6. The number of hydrogen-bond donors (Lipinski definition) is 1. The van der Waals surface area contributed by atoms with Gasteiger partial charge in [0.25, 0.3) is 0 Å². The molecule has 4 heteroatoms. The van der Waals surface area contributed by atoms with E-state index in [9.17, 15) is 4.79 Å². The Hall–Kier alpha value is -0.610. The Morgan fingerprint density at radius 1 is 1.43 bits per heavy atom. The predicted molar refractivity (Wildman–Crippen MR) is 87.4 cm³/mol. The van der Waals surface area contributed by atoms with Gasteiger partial charge in [-0.3, -0.25) is 4.79 Å². The number of nitrogens with one attached hydrogen (secondary N) is 1. The Bertz CT molecular complexity index is 322. The molecule has 0 aromatic rings. The van der Waals surface area contributed by atoms with Gasteiger partial charge in [0.2, 0.25) is 0 Å². The van der Waals surface area contributed by atoms with Crippen molar-refractivity contribution < 1.29 is 9.53 Å². The van der Waals surface area contributed by atoms with Crippen LogP contribution in [0.4, 0.5) is 0 Å². The topological polar surface area (TPSA) is 41.6 Å². The van der Waals surface area contributed by atoms with E-state index in [1.54, 1.807) is 0 Å². The number of carbonyl (C=O) groups is 1. The number of carbonyl (C=O) groups excluding carboxylic acids is 1. The van der Waals surface area contributed by atoms with Crippen LogP contribution in [0.5, 0.6) is 0 Å². The number of rotatable bonds is 8. The summed E-state index contributed by atoms with van der Waals surface area (Å²) in [7, 11) is 1.47. The molecule has 0 bridgehead atoms. The highest BCUT2D eigenvalue weighted by Crippen LogP contribution is 2.23. The third-order valence-corrected chi connectivity index (χ3v) is 4.80. The minimum Gasteiger partial charge on any atom is -0.468 e. The fraction of sp³-hybridized carbons (Fsp3) is 0.941. The Balaban J connectivity index is 2.44. The van der Waals surface area contributed by atoms with Crippen molar-refractivity contribution in [2.24, 2.45) is 5.92 Å². The Labute approximate surface area is 130 Å². The first-order valence-electron chi connectivity index (χ1n) is 8.50. The van der Waals surface area contributed by atoms with E-state index < -0.39 is 5.54 Å². The van der Waals surface area contributed by atoms with Crippen LogP contribution in [0.1, 0.15) is 59.8 Å². The molecule has 0 amide bonds. The molecule has 0 radical (unpaired) electrons. The summed E-state index contributed by atoms with van der Waals surface area (Å²) >= 11 is 0. The number of esters is 1. The molecule has 0 saturated carbocycles. The molecule has 0 aromatic heterocycles. The van der Waals surface area contributed by atoms with Crippen LogP contribution in [-0.4, -0.2) is 49.2 Å². The largest absolute Gasteiger partial charge is 0.468 e. The van der Waals surface area contributed by atoms with Crippen molar-refractivity contribution in [1.29, 1.82) is 0 Å². The zero-order chi connectivity index (χ0) is 15.9. The van der Waals surface area contributed by atoms with Gasteiger partial charge in [0.15, 0.2) is 0 Å². The maximum atomic E-state index is 12.0. The average molecular weight is 298 g/mol. The highest BCUT2D eigenvalue weighted by Gasteiger charge is 2.33. The third kappa shape index (κ3) is 5.59. The van der Waals surface area contributed by atoms with E-state index in [4.69, 9.17) is 4.74 Å². The van der Waals surface area contributed by atoms with Crippen molar-refractivity contribution in [3.8, 4) is 0 Å². The van der Waals surface area contributed by atoms with Crippen LogP contribution in [-0.2, 0) is 9.53 Å². The van der Waals surface area contributed by atoms with Crippen LogP contribution in [0.2, 0.25) is 0 Å². The maximum Gasteiger partial charge on any atom is 0.325 e. The third-order valence-electron chi connectivity index (χ3n) is 4.80. The number of piperidine rings is 1. The van der Waals surface area contributed by atoms with E-state index in [1.807, 2.05) is 6.92 Å². The van der Waals surface area contributed by atoms with Crippen LogP contribution < -0.4 is 5.32 Å². The molecule has 0 spiro atoms. The Kier molecular flexibility index (Phi) is 7.67. The molecule has 3 atom stereocenters. The Morgan fingerprint density at radius 2 is 2.14 bits per heavy atom. The molecule has 1 aliphatic rings. The standard InChI is InChI=1S/C17H34N2O2/c1-6-10-18-17(4,16(20)21-5)9-7-11-19-12-8-14(2)13-15(19)3/h14-15,18H,6-13H2,1-5H3. The van der Waals surface area contributed by atoms with Gasteiger partial charge in [-0.15, -0.1) is 0 Å². The van der Waals surface area contributed by atoms with Gasteiger partial charge in [0, 0.05) is 6.04 Å². The first-order valence-corrected chi connectivity index (χ1v) is 8.50. The first-order chi connectivity index (χ1) is 9.92. The van der Waals surface area contributed by atoms with Crippen LogP contribution in [0.15, 0.2) is 0 Å². The molecule has 1 saturated heterocycles. The predicted octanol–water partition coefficient (Wildman–Crippen LogP) is 2.82. The lowest BCUT2D eigenvalue weighted by Crippen LogP contribution is -2.51. The molecule has 1 aliphatic heterocycles. The highest BCUT2D eigenvalue weighted by molar-refractivity contribution is 5.80. The summed E-state index contributed by atoms with van der Waals surface area (Å²) in [5, 5.41) is 3.36. The number of methoxy groups -OCH3 is 1. The van der Waals surface area contributed by atoms with Gasteiger partial charge < -0.3 is 15.0 Å². The lowest BCUT2D eigenvalue weighted by atomic mass is 9.92. The summed E-state index contributed by atoms with van der Waals surface area (Å²) in [6.45, 7) is 11.9. The summed E-state index contributed by atoms with van der Waals surface area (Å²) in [5.74, 6) is 0.707. The molecule has 21 heavy (non-hydrogen) atoms. The summed E-state index contributed by atoms with van der Waals surface area (Å²) in [6.07, 6.45) is 5.47. The van der Waals surface area contributed by atoms with E-state index in [1.165, 1.54) is 26.5 Å². The minimum atomic E-state index is -0.545. The summed E-state index contributed by atoms with van der Waals surface area (Å²) in [5.41, 5.74) is -0.545. The van der Waals surface area contributed by atoms with Crippen molar-refractivity contribution >= 4 is 5.97 Å². The second-order valence-electron chi connectivity index (χ2n) is 6.87. The zero-order valence-corrected chi connectivity index (χ0v) is 14.6. The smallest absolute Gasteiger partial charge is 0.325 e. The molecule has 1 heterocycles. The molecule has 1 rings (SSSR count). The molecular weight excluding hydrogens is 264 g/mol. The van der Waals surface area contributed by atoms with Crippen molar-refractivity contribution in [2.75, 3.05) is 26.7 Å². The van der Waals surface area contributed by atoms with Crippen LogP contribution in [0, 0.1) is 5.92 Å². The molecule has 1 fully saturated rings. The minimum absolute atomic E-state index is 0.142. The molecular formula is C17H34N2O2. The number of nitrogens with zero attached hydrogens (tertiary/aromatic N) is 1. The van der Waals surface area contributed by atoms with Crippen LogP contribution >= 0.6 is 0 Å². The van der Waals surface area contributed by atoms with E-state index in [0.29, 0.717) is 6.04 Å². The normalized spacial score (nSPS) is 26.3. The van der Waals surface area contributed by atoms with E-state index >= 15 is 0 Å². The van der Waals surface area contributed by atoms with Gasteiger partial charge in [-0.2, -0.15) is 0 Å². The van der Waals surface area contributed by atoms with Crippen LogP contribution in [0.25, 0.3) is 0 Å². The van der Waals surface area contributed by atoms with Gasteiger partial charge in [-0.05, 0) is 71.5 Å². The number of hydrogen-bond acceptors (Lipinski definition) is 4. The van der Waals surface area contributed by atoms with Crippen molar-refractivity contribution in [3.63, 3.8) is 0 Å². The molecule has 124 valence electrons. The molecule has 0 aliphatic carbocycles. The monoisotopic (exact) mass is 298 g/mol. The van der Waals surface area contributed by atoms with Crippen molar-refractivity contribution in [3.05, 3.63) is 0 Å². The molecule has 1 N–H and O–H groups in total. The number of likely N-dealkylation sites (tertiary alicyclic amines) is 1. The van der Waals surface area contributed by atoms with E-state index in [-0.39, 0.29) is 5.97 Å². The summed E-state index contributed by atoms with van der Waals surface area (Å²) < 4.78 is 4.98.